The zero-order chi connectivity index (χ0) is 22.0. The molecule has 0 radical (unpaired) electrons. The summed E-state index contributed by atoms with van der Waals surface area (Å²) in [5, 5.41) is 29.2. The number of hydrogen-bond acceptors (Lipinski definition) is 5. The molecule has 4 aromatic rings. The van der Waals surface area contributed by atoms with Crippen LogP contribution >= 0.6 is 0 Å². The Balaban J connectivity index is 1.73. The lowest BCUT2D eigenvalue weighted by Gasteiger charge is -2.34. The molecule has 1 N–H and O–H groups in total. The fourth-order valence-corrected chi connectivity index (χ4v) is 3.49. The minimum absolute atomic E-state index is 0.0766. The van der Waals surface area contributed by atoms with E-state index in [9.17, 15) is 13.9 Å². The molecule has 7 nitrogen and oxygen atoms in total. The highest BCUT2D eigenvalue weighted by Crippen LogP contribution is 2.37. The molecule has 2 atom stereocenters. The molecule has 0 bridgehead atoms. The topological polar surface area (TPSA) is 92.6 Å². The first-order valence-corrected chi connectivity index (χ1v) is 9.47. The number of nitriles is 1. The molecule has 0 fully saturated rings. The first-order chi connectivity index (χ1) is 14.9. The average molecular weight is 420 g/mol. The molecular weight excluding hydrogens is 402 g/mol. The van der Waals surface area contributed by atoms with Crippen LogP contribution in [0.4, 0.5) is 8.78 Å². The molecule has 31 heavy (non-hydrogen) atoms. The summed E-state index contributed by atoms with van der Waals surface area (Å²) in [5.74, 6) is -1.60. The fraction of sp³-hybridized carbons (Fsp3) is 0.182. The first kappa shape index (κ1) is 20.4. The van der Waals surface area contributed by atoms with E-state index in [1.165, 1.54) is 28.1 Å². The van der Waals surface area contributed by atoms with Crippen molar-refractivity contribution in [1.29, 1.82) is 5.26 Å². The van der Waals surface area contributed by atoms with Crippen LogP contribution in [0.2, 0.25) is 0 Å². The summed E-state index contributed by atoms with van der Waals surface area (Å²) in [7, 11) is 0. The van der Waals surface area contributed by atoms with E-state index in [4.69, 9.17) is 5.26 Å². The largest absolute Gasteiger partial charge is 0.381 e. The number of benzene rings is 2. The van der Waals surface area contributed by atoms with Crippen molar-refractivity contribution in [2.75, 3.05) is 0 Å². The Morgan fingerprint density at radius 3 is 2.58 bits per heavy atom. The molecule has 0 saturated heterocycles. The van der Waals surface area contributed by atoms with Crippen LogP contribution in [-0.2, 0) is 12.1 Å². The third-order valence-electron chi connectivity index (χ3n) is 5.27. The van der Waals surface area contributed by atoms with Crippen molar-refractivity contribution in [3.63, 3.8) is 0 Å². The number of aliphatic hydroxyl groups is 1. The number of aromatic nitrogens is 5. The second-order valence-corrected chi connectivity index (χ2v) is 7.19. The maximum Gasteiger partial charge on any atom is 0.137 e. The third kappa shape index (κ3) is 3.93. The van der Waals surface area contributed by atoms with Crippen molar-refractivity contribution in [3.05, 3.63) is 90.1 Å². The van der Waals surface area contributed by atoms with Gasteiger partial charge >= 0.3 is 0 Å². The zero-order valence-electron chi connectivity index (χ0n) is 16.5. The van der Waals surface area contributed by atoms with Gasteiger partial charge in [0.25, 0.3) is 0 Å². The van der Waals surface area contributed by atoms with E-state index < -0.39 is 23.3 Å². The molecular formula is C22H18F2N6O. The van der Waals surface area contributed by atoms with Crippen LogP contribution in [0, 0.1) is 23.0 Å². The van der Waals surface area contributed by atoms with Crippen LogP contribution in [0.25, 0.3) is 11.3 Å². The van der Waals surface area contributed by atoms with Crippen LogP contribution in [0.15, 0.2) is 67.4 Å². The van der Waals surface area contributed by atoms with Gasteiger partial charge in [0.15, 0.2) is 0 Å². The van der Waals surface area contributed by atoms with Gasteiger partial charge < -0.3 is 5.11 Å². The Hall–Kier alpha value is -3.90. The Morgan fingerprint density at radius 2 is 1.94 bits per heavy atom. The smallest absolute Gasteiger partial charge is 0.137 e. The summed E-state index contributed by atoms with van der Waals surface area (Å²) in [6.07, 6.45) is 4.39. The van der Waals surface area contributed by atoms with Crippen LogP contribution in [0.1, 0.15) is 24.1 Å². The second kappa shape index (κ2) is 8.08. The minimum atomic E-state index is -1.81. The molecule has 156 valence electrons. The molecule has 0 aliphatic rings. The van der Waals surface area contributed by atoms with Crippen molar-refractivity contribution >= 4 is 0 Å². The number of halogens is 2. The van der Waals surface area contributed by atoms with Gasteiger partial charge in [-0.15, -0.1) is 0 Å². The third-order valence-corrected chi connectivity index (χ3v) is 5.27. The molecule has 0 spiro atoms. The highest BCUT2D eigenvalue weighted by atomic mass is 19.1. The van der Waals surface area contributed by atoms with Gasteiger partial charge in [-0.1, -0.05) is 18.2 Å². The molecule has 4 rings (SSSR count). The standard InChI is InChI=1S/C22H18F2N6O/c1-15(30-9-8-21(28-30)17-4-2-16(11-25)3-5-17)22(31,12-29-14-26-13-27-29)19-7-6-18(23)10-20(19)24/h2-10,13-15,31H,12H2,1H3/t15-,22-/m1/s1. The van der Waals surface area contributed by atoms with Gasteiger partial charge in [0.1, 0.15) is 29.9 Å². The summed E-state index contributed by atoms with van der Waals surface area (Å²) in [6, 6.07) is 13.1. The Bertz CT molecular complexity index is 1230. The summed E-state index contributed by atoms with van der Waals surface area (Å²) >= 11 is 0. The lowest BCUT2D eigenvalue weighted by Crippen LogP contribution is -2.40. The van der Waals surface area contributed by atoms with E-state index >= 15 is 0 Å². The Kier molecular flexibility index (Phi) is 5.31. The van der Waals surface area contributed by atoms with Gasteiger partial charge in [-0.05, 0) is 31.2 Å². The normalized spacial score (nSPS) is 14.0. The molecule has 9 heteroatoms. The Morgan fingerprint density at radius 1 is 1.16 bits per heavy atom. The van der Waals surface area contributed by atoms with Crippen molar-refractivity contribution in [1.82, 2.24) is 24.5 Å². The predicted octanol–water partition coefficient (Wildman–Crippen LogP) is 3.44. The van der Waals surface area contributed by atoms with Gasteiger partial charge in [-0.3, -0.25) is 4.68 Å². The zero-order valence-corrected chi connectivity index (χ0v) is 16.5. The van der Waals surface area contributed by atoms with E-state index in [0.29, 0.717) is 11.3 Å². The minimum Gasteiger partial charge on any atom is -0.381 e. The lowest BCUT2D eigenvalue weighted by molar-refractivity contribution is -0.0368. The van der Waals surface area contributed by atoms with Gasteiger partial charge in [0, 0.05) is 23.4 Å². The first-order valence-electron chi connectivity index (χ1n) is 9.47. The molecule has 0 aliphatic carbocycles. The van der Waals surface area contributed by atoms with Crippen molar-refractivity contribution in [2.24, 2.45) is 0 Å². The van der Waals surface area contributed by atoms with Gasteiger partial charge in [0.05, 0.1) is 29.9 Å². The number of hydrogen-bond donors (Lipinski definition) is 1. The van der Waals surface area contributed by atoms with E-state index in [2.05, 4.69) is 21.3 Å². The van der Waals surface area contributed by atoms with Crippen LogP contribution in [0.5, 0.6) is 0 Å². The van der Waals surface area contributed by atoms with Crippen LogP contribution in [0.3, 0.4) is 0 Å². The average Bonchev–Trinajstić information content (AvgIpc) is 3.45. The van der Waals surface area contributed by atoms with E-state index in [1.54, 1.807) is 43.5 Å². The maximum atomic E-state index is 14.7. The number of nitrogens with zero attached hydrogens (tertiary/aromatic N) is 6. The summed E-state index contributed by atoms with van der Waals surface area (Å²) in [4.78, 5) is 3.87. The quantitative estimate of drug-likeness (QED) is 0.516. The van der Waals surface area contributed by atoms with Crippen molar-refractivity contribution < 1.29 is 13.9 Å². The summed E-state index contributed by atoms with van der Waals surface area (Å²) in [5.41, 5.74) is 0.0639. The van der Waals surface area contributed by atoms with Gasteiger partial charge in [-0.2, -0.15) is 15.5 Å². The summed E-state index contributed by atoms with van der Waals surface area (Å²) in [6.45, 7) is 1.57. The molecule has 2 aromatic carbocycles. The molecule has 2 heterocycles. The monoisotopic (exact) mass is 420 g/mol. The summed E-state index contributed by atoms with van der Waals surface area (Å²) < 4.78 is 31.1. The fourth-order valence-electron chi connectivity index (χ4n) is 3.49. The molecule has 2 aromatic heterocycles. The molecule has 0 saturated carbocycles. The maximum absolute atomic E-state index is 14.7. The SMILES string of the molecule is C[C@@H](n1ccc(-c2ccc(C#N)cc2)n1)[C@](O)(Cn1cncn1)c1ccc(F)cc1F. The second-order valence-electron chi connectivity index (χ2n) is 7.19. The lowest BCUT2D eigenvalue weighted by atomic mass is 9.86. The number of rotatable bonds is 6. The van der Waals surface area contributed by atoms with E-state index in [-0.39, 0.29) is 12.1 Å². The predicted molar refractivity (Wildman–Crippen MR) is 107 cm³/mol. The van der Waals surface area contributed by atoms with Crippen LogP contribution < -0.4 is 0 Å². The van der Waals surface area contributed by atoms with Gasteiger partial charge in [-0.25, -0.2) is 18.4 Å². The van der Waals surface area contributed by atoms with Gasteiger partial charge in [0.2, 0.25) is 0 Å². The van der Waals surface area contributed by atoms with Crippen molar-refractivity contribution in [2.45, 2.75) is 25.1 Å². The van der Waals surface area contributed by atoms with E-state index in [0.717, 1.165) is 17.7 Å². The Labute approximate surface area is 176 Å². The molecule has 0 amide bonds. The molecule has 0 aliphatic heterocycles. The van der Waals surface area contributed by atoms with Crippen molar-refractivity contribution in [3.8, 4) is 17.3 Å². The highest BCUT2D eigenvalue weighted by molar-refractivity contribution is 5.59. The van der Waals surface area contributed by atoms with Crippen LogP contribution in [-0.4, -0.2) is 29.7 Å². The van der Waals surface area contributed by atoms with E-state index in [1.807, 2.05) is 0 Å². The molecule has 0 unspecified atom stereocenters. The highest BCUT2D eigenvalue weighted by Gasteiger charge is 2.40.